The van der Waals surface area contributed by atoms with Gasteiger partial charge in [-0.3, -0.25) is 4.79 Å². The van der Waals surface area contributed by atoms with Crippen LogP contribution in [0.2, 0.25) is 0 Å². The van der Waals surface area contributed by atoms with Crippen LogP contribution < -0.4 is 0 Å². The van der Waals surface area contributed by atoms with E-state index in [0.717, 1.165) is 0 Å². The number of carboxylic acids is 1. The molecule has 0 radical (unpaired) electrons. The number of Topliss-reactive ketones (excluding diaryl/α,β-unsaturated/α-hetero) is 1. The van der Waals surface area contributed by atoms with Crippen molar-refractivity contribution in [1.29, 1.82) is 0 Å². The van der Waals surface area contributed by atoms with Crippen LogP contribution in [0.1, 0.15) is 30.1 Å². The maximum Gasteiger partial charge on any atom is 0.332 e. The van der Waals surface area contributed by atoms with Crippen molar-refractivity contribution in [3.63, 3.8) is 0 Å². The Kier molecular flexibility index (Phi) is 4.72. The number of aromatic nitrogens is 1. The summed E-state index contributed by atoms with van der Waals surface area (Å²) in [5, 5.41) is 8.54. The fraction of sp³-hybridized carbons (Fsp3) is 0.455. The first-order chi connectivity index (χ1) is 7.61. The normalized spacial score (nSPS) is 12.3. The largest absolute Gasteiger partial charge is 0.479 e. The zero-order valence-electron chi connectivity index (χ0n) is 9.10. The third kappa shape index (κ3) is 3.86. The van der Waals surface area contributed by atoms with Crippen LogP contribution in [0, 0.1) is 0 Å². The van der Waals surface area contributed by atoms with E-state index in [0.29, 0.717) is 18.4 Å². The summed E-state index contributed by atoms with van der Waals surface area (Å²) in [7, 11) is 0. The molecule has 0 bridgehead atoms. The molecule has 0 spiro atoms. The van der Waals surface area contributed by atoms with E-state index in [9.17, 15) is 9.59 Å². The fourth-order valence-electron chi connectivity index (χ4n) is 1.21. The lowest BCUT2D eigenvalue weighted by atomic mass is 10.1. The number of carboxylic acid groups (broad SMARTS) is 1. The molecule has 1 aromatic heterocycles. The fourth-order valence-corrected chi connectivity index (χ4v) is 1.21. The molecule has 1 heterocycles. The molecule has 1 atom stereocenters. The number of carbonyl (C=O) groups is 2. The van der Waals surface area contributed by atoms with Crippen LogP contribution in [0.5, 0.6) is 0 Å². The minimum atomic E-state index is -0.989. The predicted molar refractivity (Wildman–Crippen MR) is 57.4 cm³/mol. The van der Waals surface area contributed by atoms with E-state index in [2.05, 4.69) is 4.98 Å². The summed E-state index contributed by atoms with van der Waals surface area (Å²) in [4.78, 5) is 24.7. The molecule has 0 saturated carbocycles. The quantitative estimate of drug-likeness (QED) is 0.544. The number of H-pyrrole nitrogens is 1. The van der Waals surface area contributed by atoms with Crippen LogP contribution in [-0.2, 0) is 9.53 Å². The molecule has 88 valence electrons. The average molecular weight is 225 g/mol. The average Bonchev–Trinajstić information content (AvgIpc) is 2.76. The highest BCUT2D eigenvalue weighted by Crippen LogP contribution is 2.04. The molecule has 1 rings (SSSR count). The van der Waals surface area contributed by atoms with Crippen LogP contribution >= 0.6 is 0 Å². The van der Waals surface area contributed by atoms with Gasteiger partial charge in [0.1, 0.15) is 0 Å². The van der Waals surface area contributed by atoms with Crippen LogP contribution in [0.4, 0.5) is 0 Å². The SMILES string of the molecule is C[C@@H](OCCCC(=O)c1cc[nH]c1)C(=O)O. The van der Waals surface area contributed by atoms with Gasteiger partial charge in [-0.15, -0.1) is 0 Å². The lowest BCUT2D eigenvalue weighted by molar-refractivity contribution is -0.149. The molecule has 0 aliphatic carbocycles. The number of nitrogens with one attached hydrogen (secondary N) is 1. The van der Waals surface area contributed by atoms with Crippen molar-refractivity contribution in [3.8, 4) is 0 Å². The molecule has 0 aliphatic rings. The Morgan fingerprint density at radius 1 is 1.56 bits per heavy atom. The number of hydrogen-bond donors (Lipinski definition) is 2. The summed E-state index contributed by atoms with van der Waals surface area (Å²) in [5.41, 5.74) is 0.645. The van der Waals surface area contributed by atoms with Crippen LogP contribution in [0.25, 0.3) is 0 Å². The number of rotatable bonds is 7. The van der Waals surface area contributed by atoms with Gasteiger partial charge >= 0.3 is 5.97 Å². The van der Waals surface area contributed by atoms with E-state index in [4.69, 9.17) is 9.84 Å². The monoisotopic (exact) mass is 225 g/mol. The standard InChI is InChI=1S/C11H15NO4/c1-8(11(14)15)16-6-2-3-10(13)9-4-5-12-7-9/h4-5,7-8,12H,2-3,6H2,1H3,(H,14,15)/t8-/m1/s1. The maximum atomic E-state index is 11.5. The zero-order chi connectivity index (χ0) is 12.0. The molecule has 0 aliphatic heterocycles. The number of hydrogen-bond acceptors (Lipinski definition) is 3. The molecule has 0 aromatic carbocycles. The topological polar surface area (TPSA) is 79.4 Å². The van der Waals surface area contributed by atoms with Gasteiger partial charge in [0.05, 0.1) is 0 Å². The summed E-state index contributed by atoms with van der Waals surface area (Å²) in [6, 6.07) is 1.71. The molecule has 16 heavy (non-hydrogen) atoms. The Morgan fingerprint density at radius 3 is 2.88 bits per heavy atom. The lowest BCUT2D eigenvalue weighted by Gasteiger charge is -2.07. The number of ketones is 1. The smallest absolute Gasteiger partial charge is 0.332 e. The van der Waals surface area contributed by atoms with Gasteiger partial charge in [-0.05, 0) is 19.4 Å². The van der Waals surface area contributed by atoms with Crippen LogP contribution in [0.3, 0.4) is 0 Å². The summed E-state index contributed by atoms with van der Waals surface area (Å²) in [6.45, 7) is 1.75. The summed E-state index contributed by atoms with van der Waals surface area (Å²) >= 11 is 0. The highest BCUT2D eigenvalue weighted by molar-refractivity contribution is 5.95. The molecule has 1 aromatic rings. The van der Waals surface area contributed by atoms with E-state index in [1.165, 1.54) is 6.92 Å². The molecule has 0 amide bonds. The summed E-state index contributed by atoms with van der Waals surface area (Å²) < 4.78 is 5.01. The van der Waals surface area contributed by atoms with Gasteiger partial charge < -0.3 is 14.8 Å². The van der Waals surface area contributed by atoms with Crippen molar-refractivity contribution >= 4 is 11.8 Å². The molecular formula is C11H15NO4. The Morgan fingerprint density at radius 2 is 2.31 bits per heavy atom. The third-order valence-electron chi connectivity index (χ3n) is 2.18. The Balaban J connectivity index is 2.17. The second-order valence-corrected chi connectivity index (χ2v) is 3.48. The molecule has 5 nitrogen and oxygen atoms in total. The molecular weight excluding hydrogens is 210 g/mol. The minimum Gasteiger partial charge on any atom is -0.479 e. The number of carbonyl (C=O) groups excluding carboxylic acids is 1. The molecule has 0 fully saturated rings. The van der Waals surface area contributed by atoms with Gasteiger partial charge in [0.25, 0.3) is 0 Å². The summed E-state index contributed by atoms with van der Waals surface area (Å²) in [5.74, 6) is -0.954. The van der Waals surface area contributed by atoms with Gasteiger partial charge in [0.15, 0.2) is 11.9 Å². The van der Waals surface area contributed by atoms with Crippen LogP contribution in [-0.4, -0.2) is 34.6 Å². The van der Waals surface area contributed by atoms with Crippen molar-refractivity contribution in [2.45, 2.75) is 25.9 Å². The minimum absolute atomic E-state index is 0.0350. The molecule has 5 heteroatoms. The van der Waals surface area contributed by atoms with Crippen molar-refractivity contribution in [1.82, 2.24) is 4.98 Å². The first-order valence-electron chi connectivity index (χ1n) is 5.11. The van der Waals surface area contributed by atoms with Gasteiger partial charge in [0.2, 0.25) is 0 Å². The lowest BCUT2D eigenvalue weighted by Crippen LogP contribution is -2.20. The molecule has 0 unspecified atom stereocenters. The Labute approximate surface area is 93.4 Å². The van der Waals surface area contributed by atoms with Crippen molar-refractivity contribution in [3.05, 3.63) is 24.0 Å². The van der Waals surface area contributed by atoms with Crippen molar-refractivity contribution in [2.75, 3.05) is 6.61 Å². The first-order valence-corrected chi connectivity index (χ1v) is 5.11. The maximum absolute atomic E-state index is 11.5. The highest BCUT2D eigenvalue weighted by Gasteiger charge is 2.11. The zero-order valence-corrected chi connectivity index (χ0v) is 9.10. The third-order valence-corrected chi connectivity index (χ3v) is 2.18. The van der Waals surface area contributed by atoms with Gasteiger partial charge in [-0.25, -0.2) is 4.79 Å². The molecule has 0 saturated heterocycles. The van der Waals surface area contributed by atoms with E-state index in [-0.39, 0.29) is 12.4 Å². The van der Waals surface area contributed by atoms with E-state index in [1.54, 1.807) is 18.5 Å². The highest BCUT2D eigenvalue weighted by atomic mass is 16.5. The number of aromatic amines is 1. The summed E-state index contributed by atoms with van der Waals surface area (Å²) in [6.07, 6.45) is 3.41. The Bertz CT molecular complexity index is 345. The number of ether oxygens (including phenoxy) is 1. The van der Waals surface area contributed by atoms with E-state index < -0.39 is 12.1 Å². The first kappa shape index (κ1) is 12.4. The Hall–Kier alpha value is -1.62. The van der Waals surface area contributed by atoms with Gasteiger partial charge in [-0.1, -0.05) is 0 Å². The second kappa shape index (κ2) is 6.07. The number of aliphatic carboxylic acids is 1. The predicted octanol–water partition coefficient (Wildman–Crippen LogP) is 1.47. The van der Waals surface area contributed by atoms with Crippen LogP contribution in [0.15, 0.2) is 18.5 Å². The van der Waals surface area contributed by atoms with Gasteiger partial charge in [-0.2, -0.15) is 0 Å². The van der Waals surface area contributed by atoms with E-state index >= 15 is 0 Å². The van der Waals surface area contributed by atoms with E-state index in [1.807, 2.05) is 0 Å². The molecule has 2 N–H and O–H groups in total. The second-order valence-electron chi connectivity index (χ2n) is 3.48. The van der Waals surface area contributed by atoms with Gasteiger partial charge in [0, 0.05) is 31.0 Å². The van der Waals surface area contributed by atoms with Crippen molar-refractivity contribution in [2.24, 2.45) is 0 Å². The van der Waals surface area contributed by atoms with Crippen molar-refractivity contribution < 1.29 is 19.4 Å².